The van der Waals surface area contributed by atoms with E-state index in [1.54, 1.807) is 0 Å². The number of H-pyrrole nitrogens is 1. The first-order chi connectivity index (χ1) is 10.6. The summed E-state index contributed by atoms with van der Waals surface area (Å²) in [6, 6.07) is 9.79. The summed E-state index contributed by atoms with van der Waals surface area (Å²) >= 11 is 7.67. The van der Waals surface area contributed by atoms with Crippen LogP contribution in [0.1, 0.15) is 24.4 Å². The second kappa shape index (κ2) is 6.20. The molecule has 1 atom stereocenters. The van der Waals surface area contributed by atoms with Crippen LogP contribution in [0.2, 0.25) is 5.02 Å². The summed E-state index contributed by atoms with van der Waals surface area (Å²) in [5.41, 5.74) is 1.74. The maximum atomic E-state index is 12.0. The van der Waals surface area contributed by atoms with Crippen LogP contribution in [-0.4, -0.2) is 21.9 Å². The van der Waals surface area contributed by atoms with Gasteiger partial charge in [-0.25, -0.2) is 4.98 Å². The Balaban J connectivity index is 1.85. The van der Waals surface area contributed by atoms with Gasteiger partial charge in [0.1, 0.15) is 10.5 Å². The summed E-state index contributed by atoms with van der Waals surface area (Å²) in [4.78, 5) is 21.5. The Morgan fingerprint density at radius 3 is 2.91 bits per heavy atom. The maximum absolute atomic E-state index is 12.0. The van der Waals surface area contributed by atoms with E-state index in [0.29, 0.717) is 17.1 Å². The Hall–Kier alpha value is -1.69. The average Bonchev–Trinajstić information content (AvgIpc) is 2.96. The van der Waals surface area contributed by atoms with Gasteiger partial charge in [-0.1, -0.05) is 29.8 Å². The molecule has 4 nitrogen and oxygen atoms in total. The van der Waals surface area contributed by atoms with Crippen molar-refractivity contribution < 1.29 is 0 Å². The highest BCUT2D eigenvalue weighted by molar-refractivity contribution is 7.17. The molecule has 0 saturated heterocycles. The van der Waals surface area contributed by atoms with Gasteiger partial charge in [-0.05, 0) is 37.0 Å². The molecular formula is C16H16ClN3OS. The minimum atomic E-state index is -0.0752. The van der Waals surface area contributed by atoms with E-state index >= 15 is 0 Å². The van der Waals surface area contributed by atoms with Gasteiger partial charge in [0.25, 0.3) is 5.56 Å². The molecule has 3 aromatic rings. The molecule has 0 aliphatic carbocycles. The van der Waals surface area contributed by atoms with Crippen molar-refractivity contribution in [3.05, 3.63) is 62.5 Å². The minimum Gasteiger partial charge on any atom is -0.308 e. The van der Waals surface area contributed by atoms with Crippen molar-refractivity contribution in [2.75, 3.05) is 7.05 Å². The third kappa shape index (κ3) is 2.92. The standard InChI is InChI=1S/C16H16ClN3OS/c1-10(11-5-3-4-6-12(11)17)20(2)9-14-18-13-7-8-22-15(13)16(21)19-14/h3-8,10H,9H2,1-2H3,(H,18,19,21)/t10-/m0/s1. The van der Waals surface area contributed by atoms with Crippen molar-refractivity contribution in [3.8, 4) is 0 Å². The second-order valence-corrected chi connectivity index (χ2v) is 6.58. The van der Waals surface area contributed by atoms with Gasteiger partial charge >= 0.3 is 0 Å². The molecule has 0 fully saturated rings. The molecule has 2 heterocycles. The van der Waals surface area contributed by atoms with E-state index in [2.05, 4.69) is 21.8 Å². The number of thiophene rings is 1. The van der Waals surface area contributed by atoms with Crippen LogP contribution in [0.15, 0.2) is 40.5 Å². The molecule has 114 valence electrons. The second-order valence-electron chi connectivity index (χ2n) is 5.26. The summed E-state index contributed by atoms with van der Waals surface area (Å²) in [7, 11) is 1.99. The molecule has 0 aliphatic rings. The molecule has 0 saturated carbocycles. The van der Waals surface area contributed by atoms with Crippen LogP contribution in [0.3, 0.4) is 0 Å². The van der Waals surface area contributed by atoms with Crippen molar-refractivity contribution >= 4 is 33.2 Å². The topological polar surface area (TPSA) is 49.0 Å². The monoisotopic (exact) mass is 333 g/mol. The number of rotatable bonds is 4. The van der Waals surface area contributed by atoms with Crippen LogP contribution < -0.4 is 5.56 Å². The van der Waals surface area contributed by atoms with E-state index in [4.69, 9.17) is 11.6 Å². The number of fused-ring (bicyclic) bond motifs is 1. The third-order valence-corrected chi connectivity index (χ3v) is 5.03. The predicted octanol–water partition coefficient (Wildman–Crippen LogP) is 3.83. The zero-order valence-corrected chi connectivity index (χ0v) is 13.9. The van der Waals surface area contributed by atoms with Gasteiger partial charge in [0.15, 0.2) is 0 Å². The van der Waals surface area contributed by atoms with Crippen LogP contribution in [-0.2, 0) is 6.54 Å². The highest BCUT2D eigenvalue weighted by atomic mass is 35.5. The van der Waals surface area contributed by atoms with E-state index < -0.39 is 0 Å². The van der Waals surface area contributed by atoms with E-state index in [1.807, 2.05) is 42.8 Å². The van der Waals surface area contributed by atoms with Gasteiger partial charge in [-0.15, -0.1) is 11.3 Å². The quantitative estimate of drug-likeness (QED) is 0.789. The number of aromatic nitrogens is 2. The van der Waals surface area contributed by atoms with Gasteiger partial charge < -0.3 is 4.98 Å². The van der Waals surface area contributed by atoms with Crippen LogP contribution in [0.5, 0.6) is 0 Å². The Labute approximate surface area is 137 Å². The highest BCUT2D eigenvalue weighted by Gasteiger charge is 2.16. The third-order valence-electron chi connectivity index (χ3n) is 3.78. The van der Waals surface area contributed by atoms with E-state index in [9.17, 15) is 4.79 Å². The molecule has 0 spiro atoms. The molecule has 0 radical (unpaired) electrons. The van der Waals surface area contributed by atoms with Crippen LogP contribution in [0.25, 0.3) is 10.2 Å². The van der Waals surface area contributed by atoms with Gasteiger partial charge in [-0.3, -0.25) is 9.69 Å². The number of aromatic amines is 1. The lowest BCUT2D eigenvalue weighted by Crippen LogP contribution is -2.25. The SMILES string of the molecule is C[C@@H](c1ccccc1Cl)N(C)Cc1nc2ccsc2c(=O)[nH]1. The van der Waals surface area contributed by atoms with Crippen molar-refractivity contribution in [1.82, 2.24) is 14.9 Å². The average molecular weight is 334 g/mol. The fourth-order valence-corrected chi connectivity index (χ4v) is 3.44. The van der Waals surface area contributed by atoms with Gasteiger partial charge in [0.2, 0.25) is 0 Å². The largest absolute Gasteiger partial charge is 0.308 e. The zero-order chi connectivity index (χ0) is 15.7. The Bertz CT molecular complexity index is 858. The number of nitrogens with zero attached hydrogens (tertiary/aromatic N) is 2. The lowest BCUT2D eigenvalue weighted by Gasteiger charge is -2.25. The number of halogens is 1. The molecule has 3 rings (SSSR count). The van der Waals surface area contributed by atoms with Gasteiger partial charge in [0.05, 0.1) is 12.1 Å². The van der Waals surface area contributed by atoms with E-state index in [1.165, 1.54) is 11.3 Å². The van der Waals surface area contributed by atoms with E-state index in [-0.39, 0.29) is 11.6 Å². The van der Waals surface area contributed by atoms with E-state index in [0.717, 1.165) is 16.1 Å². The first-order valence-electron chi connectivity index (χ1n) is 6.97. The molecule has 1 N–H and O–H groups in total. The summed E-state index contributed by atoms with van der Waals surface area (Å²) in [5, 5.41) is 2.63. The van der Waals surface area contributed by atoms with Crippen molar-refractivity contribution in [3.63, 3.8) is 0 Å². The first kappa shape index (κ1) is 15.2. The molecular weight excluding hydrogens is 318 g/mol. The molecule has 22 heavy (non-hydrogen) atoms. The molecule has 0 unspecified atom stereocenters. The molecule has 0 aliphatic heterocycles. The van der Waals surface area contributed by atoms with Crippen molar-refractivity contribution in [2.45, 2.75) is 19.5 Å². The molecule has 0 bridgehead atoms. The zero-order valence-electron chi connectivity index (χ0n) is 12.3. The fourth-order valence-electron chi connectivity index (χ4n) is 2.42. The van der Waals surface area contributed by atoms with Crippen LogP contribution in [0.4, 0.5) is 0 Å². The minimum absolute atomic E-state index is 0.0752. The molecule has 2 aromatic heterocycles. The first-order valence-corrected chi connectivity index (χ1v) is 8.23. The Morgan fingerprint density at radius 1 is 1.36 bits per heavy atom. The summed E-state index contributed by atoms with van der Waals surface area (Å²) in [5.74, 6) is 0.664. The van der Waals surface area contributed by atoms with Crippen molar-refractivity contribution in [2.24, 2.45) is 0 Å². The number of hydrogen-bond acceptors (Lipinski definition) is 4. The molecule has 0 amide bonds. The van der Waals surface area contributed by atoms with Crippen molar-refractivity contribution in [1.29, 1.82) is 0 Å². The lowest BCUT2D eigenvalue weighted by atomic mass is 10.1. The van der Waals surface area contributed by atoms with Gasteiger partial charge in [0, 0.05) is 11.1 Å². The fraction of sp³-hybridized carbons (Fsp3) is 0.250. The maximum Gasteiger partial charge on any atom is 0.268 e. The van der Waals surface area contributed by atoms with Gasteiger partial charge in [-0.2, -0.15) is 0 Å². The smallest absolute Gasteiger partial charge is 0.268 e. The normalized spacial score (nSPS) is 12.9. The molecule has 1 aromatic carbocycles. The highest BCUT2D eigenvalue weighted by Crippen LogP contribution is 2.26. The Morgan fingerprint density at radius 2 is 2.14 bits per heavy atom. The summed E-state index contributed by atoms with van der Waals surface area (Å²) < 4.78 is 0.672. The summed E-state index contributed by atoms with van der Waals surface area (Å²) in [6.07, 6.45) is 0. The number of benzene rings is 1. The Kier molecular flexibility index (Phi) is 4.29. The summed E-state index contributed by atoms with van der Waals surface area (Å²) in [6.45, 7) is 2.63. The van der Waals surface area contributed by atoms with Crippen LogP contribution >= 0.6 is 22.9 Å². The van der Waals surface area contributed by atoms with Crippen LogP contribution in [0, 0.1) is 0 Å². The predicted molar refractivity (Wildman–Crippen MR) is 91.6 cm³/mol. The number of hydrogen-bond donors (Lipinski definition) is 1. The molecule has 6 heteroatoms. The lowest BCUT2D eigenvalue weighted by molar-refractivity contribution is 0.247. The number of nitrogens with one attached hydrogen (secondary N) is 1.